The fourth-order valence-electron chi connectivity index (χ4n) is 2.83. The number of carbonyl (C=O) groups excluding carboxylic acids is 1. The molecule has 1 fully saturated rings. The van der Waals surface area contributed by atoms with Gasteiger partial charge >= 0.3 is 0 Å². The highest BCUT2D eigenvalue weighted by molar-refractivity contribution is 5.87. The van der Waals surface area contributed by atoms with Crippen LogP contribution in [0.2, 0.25) is 0 Å². The normalized spacial score (nSPS) is 15.4. The third kappa shape index (κ3) is 4.29. The first-order valence-corrected chi connectivity index (χ1v) is 7.95. The summed E-state index contributed by atoms with van der Waals surface area (Å²) in [5.41, 5.74) is 2.47. The predicted octanol–water partition coefficient (Wildman–Crippen LogP) is 2.36. The Morgan fingerprint density at radius 3 is 2.43 bits per heavy atom. The van der Waals surface area contributed by atoms with Gasteiger partial charge in [0.25, 0.3) is 0 Å². The standard InChI is InChI=1S/C18H22N4O/c1-15(23)20-18-8-7-17(13-19-18)22-11-9-21(10-12-22)14-16-5-3-2-4-6-16/h2-8,13H,9-12,14H2,1H3,(H,19,20,23). The number of aromatic nitrogens is 1. The number of pyridine rings is 1. The molecule has 1 aromatic heterocycles. The average Bonchev–Trinajstić information content (AvgIpc) is 2.57. The number of piperazine rings is 1. The summed E-state index contributed by atoms with van der Waals surface area (Å²) in [6.07, 6.45) is 1.83. The molecule has 0 unspecified atom stereocenters. The highest BCUT2D eigenvalue weighted by Gasteiger charge is 2.17. The van der Waals surface area contributed by atoms with Gasteiger partial charge in [0.15, 0.2) is 0 Å². The maximum Gasteiger partial charge on any atom is 0.222 e. The van der Waals surface area contributed by atoms with Crippen molar-refractivity contribution in [3.05, 3.63) is 54.2 Å². The average molecular weight is 310 g/mol. The van der Waals surface area contributed by atoms with Crippen LogP contribution in [0.4, 0.5) is 11.5 Å². The first-order valence-electron chi connectivity index (χ1n) is 7.95. The van der Waals surface area contributed by atoms with Gasteiger partial charge in [0.2, 0.25) is 5.91 Å². The Hall–Kier alpha value is -2.40. The van der Waals surface area contributed by atoms with E-state index >= 15 is 0 Å². The molecule has 0 spiro atoms. The van der Waals surface area contributed by atoms with Gasteiger partial charge in [-0.15, -0.1) is 0 Å². The lowest BCUT2D eigenvalue weighted by Gasteiger charge is -2.36. The molecule has 3 rings (SSSR count). The van der Waals surface area contributed by atoms with Gasteiger partial charge in [0.1, 0.15) is 5.82 Å². The van der Waals surface area contributed by atoms with Crippen molar-refractivity contribution in [1.82, 2.24) is 9.88 Å². The van der Waals surface area contributed by atoms with Crippen LogP contribution in [0, 0.1) is 0 Å². The first-order chi connectivity index (χ1) is 11.2. The minimum atomic E-state index is -0.0974. The number of benzene rings is 1. The fraction of sp³-hybridized carbons (Fsp3) is 0.333. The van der Waals surface area contributed by atoms with Crippen molar-refractivity contribution in [1.29, 1.82) is 0 Å². The molecule has 5 heteroatoms. The van der Waals surface area contributed by atoms with Gasteiger partial charge in [-0.1, -0.05) is 30.3 Å². The second kappa shape index (κ2) is 7.24. The number of hydrogen-bond acceptors (Lipinski definition) is 4. The zero-order valence-corrected chi connectivity index (χ0v) is 13.4. The molecular formula is C18H22N4O. The smallest absolute Gasteiger partial charge is 0.222 e. The van der Waals surface area contributed by atoms with Gasteiger partial charge in [-0.3, -0.25) is 9.69 Å². The summed E-state index contributed by atoms with van der Waals surface area (Å²) in [4.78, 5) is 20.1. The van der Waals surface area contributed by atoms with Gasteiger partial charge in [0, 0.05) is 39.6 Å². The van der Waals surface area contributed by atoms with Crippen molar-refractivity contribution in [3.8, 4) is 0 Å². The van der Waals surface area contributed by atoms with E-state index in [4.69, 9.17) is 0 Å². The molecule has 120 valence electrons. The molecule has 1 aliphatic heterocycles. The molecule has 1 saturated heterocycles. The Labute approximate surface area is 136 Å². The Bertz CT molecular complexity index is 634. The van der Waals surface area contributed by atoms with E-state index in [1.54, 1.807) is 0 Å². The second-order valence-corrected chi connectivity index (χ2v) is 5.83. The van der Waals surface area contributed by atoms with Crippen LogP contribution in [-0.2, 0) is 11.3 Å². The van der Waals surface area contributed by atoms with E-state index in [2.05, 4.69) is 50.4 Å². The molecule has 1 aromatic carbocycles. The van der Waals surface area contributed by atoms with Crippen molar-refractivity contribution in [2.45, 2.75) is 13.5 Å². The molecule has 1 amide bonds. The van der Waals surface area contributed by atoms with Crippen molar-refractivity contribution < 1.29 is 4.79 Å². The number of rotatable bonds is 4. The molecule has 0 bridgehead atoms. The van der Waals surface area contributed by atoms with Crippen LogP contribution in [0.15, 0.2) is 48.7 Å². The minimum Gasteiger partial charge on any atom is -0.368 e. The molecule has 2 heterocycles. The summed E-state index contributed by atoms with van der Waals surface area (Å²) >= 11 is 0. The molecular weight excluding hydrogens is 288 g/mol. The zero-order valence-electron chi connectivity index (χ0n) is 13.4. The second-order valence-electron chi connectivity index (χ2n) is 5.83. The molecule has 0 aliphatic carbocycles. The molecule has 0 saturated carbocycles. The fourth-order valence-corrected chi connectivity index (χ4v) is 2.83. The third-order valence-corrected chi connectivity index (χ3v) is 4.04. The summed E-state index contributed by atoms with van der Waals surface area (Å²) in [6, 6.07) is 14.5. The van der Waals surface area contributed by atoms with E-state index in [0.29, 0.717) is 5.82 Å². The summed E-state index contributed by atoms with van der Waals surface area (Å²) in [5.74, 6) is 0.503. The Kier molecular flexibility index (Phi) is 4.88. The van der Waals surface area contributed by atoms with Crippen LogP contribution in [0.25, 0.3) is 0 Å². The van der Waals surface area contributed by atoms with Crippen LogP contribution in [0.5, 0.6) is 0 Å². The number of hydrogen-bond donors (Lipinski definition) is 1. The Balaban J connectivity index is 1.53. The quantitative estimate of drug-likeness (QED) is 0.942. The van der Waals surface area contributed by atoms with E-state index in [1.165, 1.54) is 12.5 Å². The van der Waals surface area contributed by atoms with Crippen molar-refractivity contribution in [3.63, 3.8) is 0 Å². The van der Waals surface area contributed by atoms with Crippen LogP contribution in [0.3, 0.4) is 0 Å². The lowest BCUT2D eigenvalue weighted by Crippen LogP contribution is -2.46. The minimum absolute atomic E-state index is 0.0974. The SMILES string of the molecule is CC(=O)Nc1ccc(N2CCN(Cc3ccccc3)CC2)cn1. The van der Waals surface area contributed by atoms with Crippen molar-refractivity contribution in [2.75, 3.05) is 36.4 Å². The Morgan fingerprint density at radius 2 is 1.83 bits per heavy atom. The molecule has 0 atom stereocenters. The third-order valence-electron chi connectivity index (χ3n) is 4.04. The molecule has 0 radical (unpaired) electrons. The number of amides is 1. The maximum absolute atomic E-state index is 11.0. The number of nitrogens with zero attached hydrogens (tertiary/aromatic N) is 3. The van der Waals surface area contributed by atoms with Gasteiger partial charge < -0.3 is 10.2 Å². The van der Waals surface area contributed by atoms with E-state index in [9.17, 15) is 4.79 Å². The molecule has 5 nitrogen and oxygen atoms in total. The largest absolute Gasteiger partial charge is 0.368 e. The lowest BCUT2D eigenvalue weighted by molar-refractivity contribution is -0.114. The summed E-state index contributed by atoms with van der Waals surface area (Å²) < 4.78 is 0. The number of carbonyl (C=O) groups is 1. The maximum atomic E-state index is 11.0. The first kappa shape index (κ1) is 15.5. The van der Waals surface area contributed by atoms with Gasteiger partial charge in [-0.05, 0) is 17.7 Å². The van der Waals surface area contributed by atoms with Crippen LogP contribution < -0.4 is 10.2 Å². The zero-order chi connectivity index (χ0) is 16.1. The Morgan fingerprint density at radius 1 is 1.09 bits per heavy atom. The summed E-state index contributed by atoms with van der Waals surface area (Å²) in [5, 5.41) is 2.69. The highest BCUT2D eigenvalue weighted by Crippen LogP contribution is 2.18. The van der Waals surface area contributed by atoms with Crippen molar-refractivity contribution in [2.24, 2.45) is 0 Å². The highest BCUT2D eigenvalue weighted by atomic mass is 16.1. The van der Waals surface area contributed by atoms with Gasteiger partial charge in [-0.2, -0.15) is 0 Å². The molecule has 2 aromatic rings. The topological polar surface area (TPSA) is 48.5 Å². The van der Waals surface area contributed by atoms with Gasteiger partial charge in [-0.25, -0.2) is 4.98 Å². The molecule has 1 N–H and O–H groups in total. The lowest BCUT2D eigenvalue weighted by atomic mass is 10.2. The van der Waals surface area contributed by atoms with E-state index in [1.807, 2.05) is 18.3 Å². The predicted molar refractivity (Wildman–Crippen MR) is 92.5 cm³/mol. The van der Waals surface area contributed by atoms with Crippen LogP contribution in [0.1, 0.15) is 12.5 Å². The molecule has 23 heavy (non-hydrogen) atoms. The van der Waals surface area contributed by atoms with E-state index < -0.39 is 0 Å². The van der Waals surface area contributed by atoms with Crippen LogP contribution >= 0.6 is 0 Å². The van der Waals surface area contributed by atoms with Crippen LogP contribution in [-0.4, -0.2) is 42.0 Å². The number of anilines is 2. The monoisotopic (exact) mass is 310 g/mol. The molecule has 1 aliphatic rings. The number of nitrogens with one attached hydrogen (secondary N) is 1. The van der Waals surface area contributed by atoms with Crippen molar-refractivity contribution >= 4 is 17.4 Å². The van der Waals surface area contributed by atoms with E-state index in [-0.39, 0.29) is 5.91 Å². The summed E-state index contributed by atoms with van der Waals surface area (Å²) in [6.45, 7) is 6.57. The summed E-state index contributed by atoms with van der Waals surface area (Å²) in [7, 11) is 0. The van der Waals surface area contributed by atoms with Gasteiger partial charge in [0.05, 0.1) is 11.9 Å². The van der Waals surface area contributed by atoms with E-state index in [0.717, 1.165) is 38.4 Å².